The fourth-order valence-electron chi connectivity index (χ4n) is 3.18. The van der Waals surface area contributed by atoms with Crippen molar-refractivity contribution in [1.82, 2.24) is 9.80 Å². The number of carbonyl (C=O) groups is 2. The number of carbonyl (C=O) groups excluding carboxylic acids is 2. The quantitative estimate of drug-likeness (QED) is 0.414. The first-order valence-electron chi connectivity index (χ1n) is 9.01. The van der Waals surface area contributed by atoms with E-state index < -0.39 is 11.0 Å². The third-order valence-corrected chi connectivity index (χ3v) is 4.65. The fourth-order valence-corrected chi connectivity index (χ4v) is 3.18. The molecule has 28 heavy (non-hydrogen) atoms. The van der Waals surface area contributed by atoms with Crippen LogP contribution in [0.3, 0.4) is 0 Å². The molecule has 1 amide bonds. The summed E-state index contributed by atoms with van der Waals surface area (Å²) in [5.41, 5.74) is 0.858. The fraction of sp³-hybridized carbons (Fsp3) is 0.300. The lowest BCUT2D eigenvalue weighted by Crippen LogP contribution is -2.44. The molecule has 146 valence electrons. The van der Waals surface area contributed by atoms with Gasteiger partial charge in [-0.1, -0.05) is 30.3 Å². The molecule has 0 radical (unpaired) electrons. The Morgan fingerprint density at radius 2 is 1.93 bits per heavy atom. The van der Waals surface area contributed by atoms with Crippen LogP contribution >= 0.6 is 0 Å². The topological polar surface area (TPSA) is 93.0 Å². The van der Waals surface area contributed by atoms with Crippen LogP contribution in [0.1, 0.15) is 18.4 Å². The Kier molecular flexibility index (Phi) is 6.33. The summed E-state index contributed by atoms with van der Waals surface area (Å²) in [6.07, 6.45) is 2.02. The van der Waals surface area contributed by atoms with Crippen LogP contribution in [0.25, 0.3) is 0 Å². The molecule has 8 heteroatoms. The van der Waals surface area contributed by atoms with E-state index in [0.29, 0.717) is 6.54 Å². The Morgan fingerprint density at radius 1 is 1.21 bits per heavy atom. The number of likely N-dealkylation sites (tertiary alicyclic amines) is 1. The number of hydrogen-bond acceptors (Lipinski definition) is 6. The van der Waals surface area contributed by atoms with Crippen LogP contribution in [0.5, 0.6) is 5.75 Å². The molecule has 3 rings (SSSR count). The van der Waals surface area contributed by atoms with E-state index in [0.717, 1.165) is 31.2 Å². The normalized spacial score (nSPS) is 16.5. The Balaban J connectivity index is 1.73. The molecular formula is C20H21N3O5. The minimum absolute atomic E-state index is 0.0770. The zero-order valence-electron chi connectivity index (χ0n) is 15.3. The molecule has 1 saturated heterocycles. The van der Waals surface area contributed by atoms with Gasteiger partial charge in [0.05, 0.1) is 24.2 Å². The molecule has 1 aliphatic rings. The highest BCUT2D eigenvalue weighted by molar-refractivity contribution is 5.71. The summed E-state index contributed by atoms with van der Waals surface area (Å²) < 4.78 is 5.41. The van der Waals surface area contributed by atoms with Gasteiger partial charge < -0.3 is 9.53 Å². The molecule has 0 unspecified atom stereocenters. The lowest BCUT2D eigenvalue weighted by Gasteiger charge is -2.29. The van der Waals surface area contributed by atoms with Crippen LogP contribution in [0.15, 0.2) is 54.6 Å². The van der Waals surface area contributed by atoms with Crippen LogP contribution in [0.2, 0.25) is 0 Å². The predicted octanol–water partition coefficient (Wildman–Crippen LogP) is 3.22. The standard InChI is InChI=1S/C20H21N3O5/c24-14-18-7-4-12-21(18)15-22(13-16-5-2-1-3-6-16)20(25)28-19-10-8-17(9-11-19)23(26)27/h1-3,5-6,8-11,14,18H,4,7,12-13,15H2/t18-/m1/s1. The molecule has 1 fully saturated rings. The Hall–Kier alpha value is -3.26. The second-order valence-corrected chi connectivity index (χ2v) is 6.60. The number of aldehydes is 1. The van der Waals surface area contributed by atoms with Crippen molar-refractivity contribution in [1.29, 1.82) is 0 Å². The lowest BCUT2D eigenvalue weighted by molar-refractivity contribution is -0.384. The maximum atomic E-state index is 12.8. The first-order valence-corrected chi connectivity index (χ1v) is 9.01. The molecule has 0 aliphatic carbocycles. The van der Waals surface area contributed by atoms with Gasteiger partial charge >= 0.3 is 6.09 Å². The summed E-state index contributed by atoms with van der Waals surface area (Å²) in [5, 5.41) is 10.8. The molecule has 2 aromatic rings. The number of nitro benzene ring substituents is 1. The zero-order valence-corrected chi connectivity index (χ0v) is 15.3. The van der Waals surface area contributed by atoms with Gasteiger partial charge in [0.1, 0.15) is 12.0 Å². The minimum Gasteiger partial charge on any atom is -0.410 e. The second kappa shape index (κ2) is 9.09. The average Bonchev–Trinajstić information content (AvgIpc) is 3.16. The van der Waals surface area contributed by atoms with Crippen LogP contribution in [0.4, 0.5) is 10.5 Å². The van der Waals surface area contributed by atoms with Crippen LogP contribution in [-0.2, 0) is 11.3 Å². The van der Waals surface area contributed by atoms with Crippen LogP contribution in [-0.4, -0.2) is 46.4 Å². The predicted molar refractivity (Wildman–Crippen MR) is 102 cm³/mol. The third-order valence-electron chi connectivity index (χ3n) is 4.65. The molecule has 8 nitrogen and oxygen atoms in total. The van der Waals surface area contributed by atoms with Crippen molar-refractivity contribution in [2.75, 3.05) is 13.2 Å². The number of nitro groups is 1. The van der Waals surface area contributed by atoms with E-state index in [-0.39, 0.29) is 24.1 Å². The van der Waals surface area contributed by atoms with Gasteiger partial charge in [-0.3, -0.25) is 19.9 Å². The van der Waals surface area contributed by atoms with E-state index >= 15 is 0 Å². The number of amides is 1. The van der Waals surface area contributed by atoms with E-state index in [1.165, 1.54) is 29.2 Å². The minimum atomic E-state index is -0.575. The Bertz CT molecular complexity index is 825. The van der Waals surface area contributed by atoms with Crippen molar-refractivity contribution in [2.24, 2.45) is 0 Å². The summed E-state index contributed by atoms with van der Waals surface area (Å²) in [7, 11) is 0. The van der Waals surface area contributed by atoms with Gasteiger partial charge in [-0.05, 0) is 30.5 Å². The second-order valence-electron chi connectivity index (χ2n) is 6.60. The number of hydrogen-bond donors (Lipinski definition) is 0. The van der Waals surface area contributed by atoms with E-state index in [1.54, 1.807) is 0 Å². The first-order chi connectivity index (χ1) is 13.6. The van der Waals surface area contributed by atoms with E-state index in [4.69, 9.17) is 4.74 Å². The third kappa shape index (κ3) is 4.92. The highest BCUT2D eigenvalue weighted by atomic mass is 16.6. The summed E-state index contributed by atoms with van der Waals surface area (Å²) in [4.78, 5) is 37.8. The van der Waals surface area contributed by atoms with Gasteiger partial charge in [-0.15, -0.1) is 0 Å². The van der Waals surface area contributed by atoms with E-state index in [2.05, 4.69) is 0 Å². The zero-order chi connectivity index (χ0) is 19.9. The van der Waals surface area contributed by atoms with Crippen molar-refractivity contribution < 1.29 is 19.2 Å². The van der Waals surface area contributed by atoms with Crippen molar-refractivity contribution >= 4 is 18.1 Å². The molecular weight excluding hydrogens is 362 g/mol. The Labute approximate surface area is 162 Å². The summed E-state index contributed by atoms with van der Waals surface area (Å²) in [5.74, 6) is 0.224. The summed E-state index contributed by atoms with van der Waals surface area (Å²) >= 11 is 0. The van der Waals surface area contributed by atoms with Gasteiger partial charge in [0.15, 0.2) is 0 Å². The smallest absolute Gasteiger partial charge is 0.410 e. The molecule has 1 heterocycles. The van der Waals surface area contributed by atoms with Gasteiger partial charge in [0.2, 0.25) is 0 Å². The number of rotatable bonds is 7. The van der Waals surface area contributed by atoms with Gasteiger partial charge in [-0.25, -0.2) is 4.79 Å². The summed E-state index contributed by atoms with van der Waals surface area (Å²) in [6.45, 7) is 1.33. The van der Waals surface area contributed by atoms with E-state index in [1.807, 2.05) is 35.2 Å². The maximum Gasteiger partial charge on any atom is 0.416 e. The van der Waals surface area contributed by atoms with Crippen molar-refractivity contribution in [3.8, 4) is 5.75 Å². The molecule has 0 bridgehead atoms. The van der Waals surface area contributed by atoms with Gasteiger partial charge in [-0.2, -0.15) is 0 Å². The molecule has 2 aromatic carbocycles. The first kappa shape index (κ1) is 19.5. The monoisotopic (exact) mass is 383 g/mol. The van der Waals surface area contributed by atoms with Crippen molar-refractivity contribution in [3.05, 3.63) is 70.3 Å². The number of ether oxygens (including phenoxy) is 1. The van der Waals surface area contributed by atoms with Crippen molar-refractivity contribution in [3.63, 3.8) is 0 Å². The lowest BCUT2D eigenvalue weighted by atomic mass is 10.2. The van der Waals surface area contributed by atoms with E-state index in [9.17, 15) is 19.7 Å². The highest BCUT2D eigenvalue weighted by Gasteiger charge is 2.28. The van der Waals surface area contributed by atoms with Crippen LogP contribution < -0.4 is 4.74 Å². The molecule has 0 aromatic heterocycles. The largest absolute Gasteiger partial charge is 0.416 e. The maximum absolute atomic E-state index is 12.8. The molecule has 0 spiro atoms. The average molecular weight is 383 g/mol. The number of nitrogens with zero attached hydrogens (tertiary/aromatic N) is 3. The van der Waals surface area contributed by atoms with Gasteiger partial charge in [0.25, 0.3) is 5.69 Å². The Morgan fingerprint density at radius 3 is 2.57 bits per heavy atom. The number of benzene rings is 2. The van der Waals surface area contributed by atoms with Gasteiger partial charge in [0, 0.05) is 18.7 Å². The van der Waals surface area contributed by atoms with Crippen molar-refractivity contribution in [2.45, 2.75) is 25.4 Å². The molecule has 0 N–H and O–H groups in total. The SMILES string of the molecule is O=C[C@H]1CCCN1CN(Cc1ccccc1)C(=O)Oc1ccc([N+](=O)[O-])cc1. The van der Waals surface area contributed by atoms with Crippen LogP contribution in [0, 0.1) is 10.1 Å². The highest BCUT2D eigenvalue weighted by Crippen LogP contribution is 2.20. The summed E-state index contributed by atoms with van der Waals surface area (Å²) in [6, 6.07) is 14.6. The molecule has 1 atom stereocenters. The molecule has 1 aliphatic heterocycles. The molecule has 0 saturated carbocycles. The number of non-ortho nitro benzene ring substituents is 1.